The highest BCUT2D eigenvalue weighted by molar-refractivity contribution is 5.72. The zero-order valence-corrected chi connectivity index (χ0v) is 9.86. The van der Waals surface area contributed by atoms with Gasteiger partial charge >= 0.3 is 0 Å². The summed E-state index contributed by atoms with van der Waals surface area (Å²) in [5.41, 5.74) is 2.31. The van der Waals surface area contributed by atoms with Gasteiger partial charge in [0.2, 0.25) is 0 Å². The Morgan fingerprint density at radius 1 is 1.56 bits per heavy atom. The molecule has 1 unspecified atom stereocenters. The van der Waals surface area contributed by atoms with Crippen molar-refractivity contribution in [3.8, 4) is 0 Å². The van der Waals surface area contributed by atoms with Gasteiger partial charge in [0.15, 0.2) is 5.82 Å². The lowest BCUT2D eigenvalue weighted by Gasteiger charge is -2.41. The third-order valence-corrected chi connectivity index (χ3v) is 3.41. The lowest BCUT2D eigenvalue weighted by atomic mass is 10.1. The van der Waals surface area contributed by atoms with Crippen LogP contribution in [0.5, 0.6) is 0 Å². The number of anilines is 2. The summed E-state index contributed by atoms with van der Waals surface area (Å²) in [5, 5.41) is 8.05. The van der Waals surface area contributed by atoms with Crippen molar-refractivity contribution in [3.63, 3.8) is 0 Å². The number of morpholine rings is 1. The SMILES string of the molecule is CCn1nc(C)c2c1N1CCOCC1CN2. The van der Waals surface area contributed by atoms with E-state index in [1.54, 1.807) is 0 Å². The first kappa shape index (κ1) is 9.96. The monoisotopic (exact) mass is 222 g/mol. The minimum atomic E-state index is 0.461. The summed E-state index contributed by atoms with van der Waals surface area (Å²) in [6.07, 6.45) is 0. The van der Waals surface area contributed by atoms with Crippen LogP contribution < -0.4 is 10.2 Å². The van der Waals surface area contributed by atoms with E-state index in [-0.39, 0.29) is 0 Å². The Morgan fingerprint density at radius 2 is 2.44 bits per heavy atom. The average molecular weight is 222 g/mol. The fourth-order valence-electron chi connectivity index (χ4n) is 2.61. The van der Waals surface area contributed by atoms with E-state index in [4.69, 9.17) is 4.74 Å². The lowest BCUT2D eigenvalue weighted by molar-refractivity contribution is 0.0955. The van der Waals surface area contributed by atoms with Gasteiger partial charge in [-0.15, -0.1) is 0 Å². The summed E-state index contributed by atoms with van der Waals surface area (Å²) < 4.78 is 7.62. The number of aryl methyl sites for hydroxylation is 2. The van der Waals surface area contributed by atoms with E-state index in [0.717, 1.165) is 38.5 Å². The second-order valence-corrected chi connectivity index (χ2v) is 4.40. The number of hydrogen-bond acceptors (Lipinski definition) is 4. The van der Waals surface area contributed by atoms with E-state index in [1.165, 1.54) is 11.5 Å². The molecule has 1 atom stereocenters. The second-order valence-electron chi connectivity index (χ2n) is 4.40. The van der Waals surface area contributed by atoms with Crippen LogP contribution in [-0.2, 0) is 11.3 Å². The molecule has 5 nitrogen and oxygen atoms in total. The number of nitrogens with one attached hydrogen (secondary N) is 1. The molecule has 3 rings (SSSR count). The molecule has 0 radical (unpaired) electrons. The van der Waals surface area contributed by atoms with Gasteiger partial charge in [-0.3, -0.25) is 0 Å². The number of rotatable bonds is 1. The van der Waals surface area contributed by atoms with E-state index in [2.05, 4.69) is 33.8 Å². The van der Waals surface area contributed by atoms with Crippen molar-refractivity contribution in [2.45, 2.75) is 26.4 Å². The minimum Gasteiger partial charge on any atom is -0.378 e. The van der Waals surface area contributed by atoms with Gasteiger partial charge in [-0.05, 0) is 13.8 Å². The standard InChI is InChI=1S/C11H18N4O/c1-3-15-11-10(8(2)13-15)12-6-9-7-16-5-4-14(9)11/h9,12H,3-7H2,1-2H3. The van der Waals surface area contributed by atoms with Gasteiger partial charge in [-0.1, -0.05) is 0 Å². The van der Waals surface area contributed by atoms with E-state index in [0.29, 0.717) is 6.04 Å². The van der Waals surface area contributed by atoms with Gasteiger partial charge in [-0.2, -0.15) is 5.10 Å². The minimum absolute atomic E-state index is 0.461. The summed E-state index contributed by atoms with van der Waals surface area (Å²) in [5.74, 6) is 1.25. The molecule has 0 saturated carbocycles. The highest BCUT2D eigenvalue weighted by Crippen LogP contribution is 2.35. The van der Waals surface area contributed by atoms with Gasteiger partial charge in [-0.25, -0.2) is 4.68 Å². The number of nitrogens with zero attached hydrogens (tertiary/aromatic N) is 3. The maximum atomic E-state index is 5.52. The smallest absolute Gasteiger partial charge is 0.151 e. The number of fused-ring (bicyclic) bond motifs is 3. The summed E-state index contributed by atoms with van der Waals surface area (Å²) in [4.78, 5) is 2.44. The van der Waals surface area contributed by atoms with Crippen LogP contribution in [0.1, 0.15) is 12.6 Å². The normalized spacial score (nSPS) is 23.6. The Hall–Kier alpha value is -1.23. The predicted molar refractivity (Wildman–Crippen MR) is 63.1 cm³/mol. The molecular weight excluding hydrogens is 204 g/mol. The molecule has 0 aliphatic carbocycles. The Labute approximate surface area is 95.4 Å². The van der Waals surface area contributed by atoms with Crippen molar-refractivity contribution in [3.05, 3.63) is 5.69 Å². The average Bonchev–Trinajstić information content (AvgIpc) is 2.66. The quantitative estimate of drug-likeness (QED) is 0.764. The fraction of sp³-hybridized carbons (Fsp3) is 0.727. The topological polar surface area (TPSA) is 42.3 Å². The lowest BCUT2D eigenvalue weighted by Crippen LogP contribution is -2.52. The summed E-state index contributed by atoms with van der Waals surface area (Å²) >= 11 is 0. The third-order valence-electron chi connectivity index (χ3n) is 3.41. The van der Waals surface area contributed by atoms with E-state index >= 15 is 0 Å². The maximum Gasteiger partial charge on any atom is 0.151 e. The Balaban J connectivity index is 2.05. The first-order valence-electron chi connectivity index (χ1n) is 5.97. The van der Waals surface area contributed by atoms with Crippen molar-refractivity contribution in [2.75, 3.05) is 36.5 Å². The first-order chi connectivity index (χ1) is 7.81. The molecule has 0 amide bonds. The van der Waals surface area contributed by atoms with Crippen LogP contribution in [0.3, 0.4) is 0 Å². The Kier molecular flexibility index (Phi) is 2.28. The summed E-state index contributed by atoms with van der Waals surface area (Å²) in [7, 11) is 0. The van der Waals surface area contributed by atoms with Gasteiger partial charge in [0.25, 0.3) is 0 Å². The third kappa shape index (κ3) is 1.31. The highest BCUT2D eigenvalue weighted by atomic mass is 16.5. The van der Waals surface area contributed by atoms with Gasteiger partial charge in [0.05, 0.1) is 24.9 Å². The van der Waals surface area contributed by atoms with Crippen molar-refractivity contribution < 1.29 is 4.74 Å². The molecule has 1 aromatic heterocycles. The molecule has 1 fully saturated rings. The van der Waals surface area contributed by atoms with Crippen molar-refractivity contribution in [1.82, 2.24) is 9.78 Å². The van der Waals surface area contributed by atoms with Crippen LogP contribution >= 0.6 is 0 Å². The van der Waals surface area contributed by atoms with Crippen molar-refractivity contribution in [1.29, 1.82) is 0 Å². The van der Waals surface area contributed by atoms with Gasteiger partial charge < -0.3 is 15.0 Å². The summed E-state index contributed by atoms with van der Waals surface area (Å²) in [6.45, 7) is 8.70. The van der Waals surface area contributed by atoms with Crippen LogP contribution in [0, 0.1) is 6.92 Å². The van der Waals surface area contributed by atoms with Crippen LogP contribution in [0.15, 0.2) is 0 Å². The highest BCUT2D eigenvalue weighted by Gasteiger charge is 2.33. The molecule has 1 saturated heterocycles. The van der Waals surface area contributed by atoms with E-state index < -0.39 is 0 Å². The van der Waals surface area contributed by atoms with Gasteiger partial charge in [0.1, 0.15) is 5.69 Å². The number of ether oxygens (including phenoxy) is 1. The molecule has 0 bridgehead atoms. The molecule has 1 aromatic rings. The molecule has 3 heterocycles. The molecule has 2 aliphatic heterocycles. The van der Waals surface area contributed by atoms with Crippen LogP contribution in [0.2, 0.25) is 0 Å². The second kappa shape index (κ2) is 3.66. The predicted octanol–water partition coefficient (Wildman–Crippen LogP) is 0.842. The molecule has 16 heavy (non-hydrogen) atoms. The van der Waals surface area contributed by atoms with Crippen LogP contribution in [0.25, 0.3) is 0 Å². The zero-order chi connectivity index (χ0) is 11.1. The molecule has 2 aliphatic rings. The molecule has 1 N–H and O–H groups in total. The van der Waals surface area contributed by atoms with E-state index in [1.807, 2.05) is 0 Å². The van der Waals surface area contributed by atoms with Crippen LogP contribution in [0.4, 0.5) is 11.5 Å². The number of aromatic nitrogens is 2. The zero-order valence-electron chi connectivity index (χ0n) is 9.86. The van der Waals surface area contributed by atoms with E-state index in [9.17, 15) is 0 Å². The van der Waals surface area contributed by atoms with Crippen molar-refractivity contribution >= 4 is 11.5 Å². The molecule has 0 aromatic carbocycles. The summed E-state index contributed by atoms with van der Waals surface area (Å²) in [6, 6.07) is 0.461. The first-order valence-corrected chi connectivity index (χ1v) is 5.97. The van der Waals surface area contributed by atoms with Crippen LogP contribution in [-0.4, -0.2) is 42.1 Å². The largest absolute Gasteiger partial charge is 0.378 e. The Bertz CT molecular complexity index is 401. The molecule has 5 heteroatoms. The molecule has 88 valence electrons. The Morgan fingerprint density at radius 3 is 3.25 bits per heavy atom. The fourth-order valence-corrected chi connectivity index (χ4v) is 2.61. The number of hydrogen-bond donors (Lipinski definition) is 1. The molecule has 0 spiro atoms. The van der Waals surface area contributed by atoms with Gasteiger partial charge in [0, 0.05) is 19.6 Å². The molecular formula is C11H18N4O. The van der Waals surface area contributed by atoms with Crippen molar-refractivity contribution in [2.24, 2.45) is 0 Å². The maximum absolute atomic E-state index is 5.52.